The fourth-order valence-electron chi connectivity index (χ4n) is 2.51. The van der Waals surface area contributed by atoms with Gasteiger partial charge in [-0.25, -0.2) is 4.79 Å². The second-order valence-electron chi connectivity index (χ2n) is 4.88. The molecule has 5 heteroatoms. The highest BCUT2D eigenvalue weighted by atomic mass is 32.2. The molecular weight excluding hydrogens is 248 g/mol. The van der Waals surface area contributed by atoms with Gasteiger partial charge in [0.05, 0.1) is 6.54 Å². The zero-order valence-corrected chi connectivity index (χ0v) is 10.9. The van der Waals surface area contributed by atoms with E-state index in [1.165, 1.54) is 5.75 Å². The normalized spacial score (nSPS) is 27.6. The second-order valence-corrected chi connectivity index (χ2v) is 5.99. The van der Waals surface area contributed by atoms with Crippen LogP contribution < -0.4 is 10.6 Å². The molecule has 0 aliphatic carbocycles. The Kier molecular flexibility index (Phi) is 2.86. The van der Waals surface area contributed by atoms with E-state index in [4.69, 9.17) is 10.5 Å². The van der Waals surface area contributed by atoms with Gasteiger partial charge in [0.2, 0.25) is 0 Å². The van der Waals surface area contributed by atoms with Gasteiger partial charge in [0, 0.05) is 17.1 Å². The summed E-state index contributed by atoms with van der Waals surface area (Å²) in [6, 6.07) is 7.35. The van der Waals surface area contributed by atoms with Crippen molar-refractivity contribution in [1.29, 1.82) is 0 Å². The van der Waals surface area contributed by atoms with Gasteiger partial charge in [-0.15, -0.1) is 0 Å². The predicted molar refractivity (Wildman–Crippen MR) is 74.0 cm³/mol. The summed E-state index contributed by atoms with van der Waals surface area (Å²) in [5.41, 5.74) is 6.95. The van der Waals surface area contributed by atoms with Crippen molar-refractivity contribution in [2.24, 2.45) is 0 Å². The minimum atomic E-state index is -0.276. The molecule has 2 fully saturated rings. The fraction of sp³-hybridized carbons (Fsp3) is 0.462. The summed E-state index contributed by atoms with van der Waals surface area (Å²) < 4.78 is 5.62. The standard InChI is InChI=1S/C13H16N2O2S/c14-10-2-4-11(5-3-10)15-8-13(17-12(15)16)6-1-7-18-9-13/h2-5H,1,6-9,14H2. The van der Waals surface area contributed by atoms with E-state index in [9.17, 15) is 4.79 Å². The number of thioether (sulfide) groups is 1. The molecule has 2 aliphatic heterocycles. The van der Waals surface area contributed by atoms with E-state index in [1.807, 2.05) is 36.0 Å². The van der Waals surface area contributed by atoms with Crippen molar-refractivity contribution in [2.75, 3.05) is 28.7 Å². The van der Waals surface area contributed by atoms with Crippen LogP contribution in [0.15, 0.2) is 24.3 Å². The average molecular weight is 264 g/mol. The van der Waals surface area contributed by atoms with Gasteiger partial charge in [0.15, 0.2) is 0 Å². The predicted octanol–water partition coefficient (Wildman–Crippen LogP) is 2.49. The number of ether oxygens (including phenoxy) is 1. The molecule has 1 unspecified atom stereocenters. The molecule has 2 heterocycles. The first-order valence-electron chi connectivity index (χ1n) is 6.12. The molecule has 2 aliphatic rings. The number of carbonyl (C=O) groups is 1. The number of carbonyl (C=O) groups excluding carboxylic acids is 1. The Balaban J connectivity index is 1.82. The minimum absolute atomic E-state index is 0.234. The van der Waals surface area contributed by atoms with Gasteiger partial charge < -0.3 is 10.5 Å². The first-order chi connectivity index (χ1) is 8.69. The van der Waals surface area contributed by atoms with Crippen LogP contribution in [0.25, 0.3) is 0 Å². The summed E-state index contributed by atoms with van der Waals surface area (Å²) in [5.74, 6) is 2.07. The van der Waals surface area contributed by atoms with Gasteiger partial charge in [-0.05, 0) is 42.9 Å². The number of anilines is 2. The van der Waals surface area contributed by atoms with E-state index in [2.05, 4.69) is 0 Å². The maximum Gasteiger partial charge on any atom is 0.415 e. The first kappa shape index (κ1) is 11.7. The SMILES string of the molecule is Nc1ccc(N2CC3(CCCSC3)OC2=O)cc1. The third-order valence-corrected chi connectivity index (χ3v) is 4.77. The van der Waals surface area contributed by atoms with Crippen molar-refractivity contribution in [3.63, 3.8) is 0 Å². The first-order valence-corrected chi connectivity index (χ1v) is 7.28. The average Bonchev–Trinajstić information content (AvgIpc) is 2.68. The van der Waals surface area contributed by atoms with Gasteiger partial charge in [-0.2, -0.15) is 11.8 Å². The van der Waals surface area contributed by atoms with Crippen molar-refractivity contribution >= 4 is 29.2 Å². The maximum atomic E-state index is 12.0. The van der Waals surface area contributed by atoms with E-state index >= 15 is 0 Å². The lowest BCUT2D eigenvalue weighted by Crippen LogP contribution is -2.39. The Morgan fingerprint density at radius 3 is 2.78 bits per heavy atom. The zero-order valence-electron chi connectivity index (χ0n) is 10.1. The van der Waals surface area contributed by atoms with Crippen LogP contribution in [0.1, 0.15) is 12.8 Å². The van der Waals surface area contributed by atoms with Crippen molar-refractivity contribution in [2.45, 2.75) is 18.4 Å². The molecular formula is C13H16N2O2S. The molecule has 0 bridgehead atoms. The number of benzene rings is 1. The van der Waals surface area contributed by atoms with Gasteiger partial charge in [0.1, 0.15) is 5.60 Å². The van der Waals surface area contributed by atoms with Crippen LogP contribution in [-0.4, -0.2) is 29.7 Å². The third kappa shape index (κ3) is 2.03. The molecule has 2 saturated heterocycles. The Bertz CT molecular complexity index is 455. The molecule has 2 N–H and O–H groups in total. The fourth-order valence-corrected chi connectivity index (χ4v) is 3.67. The van der Waals surface area contributed by atoms with E-state index in [0.29, 0.717) is 12.2 Å². The summed E-state index contributed by atoms with van der Waals surface area (Å²) in [5, 5.41) is 0. The highest BCUT2D eigenvalue weighted by Gasteiger charge is 2.46. The molecule has 1 amide bonds. The van der Waals surface area contributed by atoms with Crippen molar-refractivity contribution in [3.05, 3.63) is 24.3 Å². The van der Waals surface area contributed by atoms with Crippen LogP contribution in [0, 0.1) is 0 Å². The molecule has 1 aromatic rings. The third-order valence-electron chi connectivity index (χ3n) is 3.46. The van der Waals surface area contributed by atoms with E-state index in [0.717, 1.165) is 24.3 Å². The Morgan fingerprint density at radius 2 is 2.11 bits per heavy atom. The highest BCUT2D eigenvalue weighted by molar-refractivity contribution is 7.99. The molecule has 0 aromatic heterocycles. The Hall–Kier alpha value is -1.36. The number of nitrogens with two attached hydrogens (primary N) is 1. The monoisotopic (exact) mass is 264 g/mol. The number of hydrogen-bond donors (Lipinski definition) is 1. The molecule has 1 aromatic carbocycles. The molecule has 18 heavy (non-hydrogen) atoms. The van der Waals surface area contributed by atoms with Gasteiger partial charge >= 0.3 is 6.09 Å². The topological polar surface area (TPSA) is 55.6 Å². The van der Waals surface area contributed by atoms with Gasteiger partial charge in [-0.3, -0.25) is 4.90 Å². The van der Waals surface area contributed by atoms with Crippen molar-refractivity contribution < 1.29 is 9.53 Å². The summed E-state index contributed by atoms with van der Waals surface area (Å²) in [7, 11) is 0. The van der Waals surface area contributed by atoms with Crippen molar-refractivity contribution in [3.8, 4) is 0 Å². The molecule has 4 nitrogen and oxygen atoms in total. The Morgan fingerprint density at radius 1 is 1.33 bits per heavy atom. The van der Waals surface area contributed by atoms with Gasteiger partial charge in [-0.1, -0.05) is 0 Å². The maximum absolute atomic E-state index is 12.0. The molecule has 1 spiro atoms. The van der Waals surface area contributed by atoms with E-state index in [1.54, 1.807) is 4.90 Å². The number of hydrogen-bond acceptors (Lipinski definition) is 4. The molecule has 0 radical (unpaired) electrons. The van der Waals surface area contributed by atoms with Crippen LogP contribution in [0.2, 0.25) is 0 Å². The zero-order chi connectivity index (χ0) is 12.6. The molecule has 0 saturated carbocycles. The summed E-state index contributed by atoms with van der Waals surface area (Å²) >= 11 is 1.87. The lowest BCUT2D eigenvalue weighted by Gasteiger charge is -2.30. The smallest absolute Gasteiger partial charge is 0.415 e. The Labute approximate surface area is 110 Å². The lowest BCUT2D eigenvalue weighted by atomic mass is 10.00. The van der Waals surface area contributed by atoms with Crippen molar-refractivity contribution in [1.82, 2.24) is 0 Å². The number of nitrogen functional groups attached to an aromatic ring is 1. The number of nitrogens with zero attached hydrogens (tertiary/aromatic N) is 1. The second kappa shape index (κ2) is 4.39. The van der Waals surface area contributed by atoms with Gasteiger partial charge in [0.25, 0.3) is 0 Å². The largest absolute Gasteiger partial charge is 0.440 e. The van der Waals surface area contributed by atoms with Crippen LogP contribution in [0.3, 0.4) is 0 Å². The molecule has 1 atom stereocenters. The van der Waals surface area contributed by atoms with Crippen LogP contribution >= 0.6 is 11.8 Å². The van der Waals surface area contributed by atoms with Crippen LogP contribution in [0.5, 0.6) is 0 Å². The summed E-state index contributed by atoms with van der Waals surface area (Å²) in [4.78, 5) is 13.7. The van der Waals surface area contributed by atoms with E-state index < -0.39 is 0 Å². The quantitative estimate of drug-likeness (QED) is 0.792. The van der Waals surface area contributed by atoms with E-state index in [-0.39, 0.29) is 11.7 Å². The van der Waals surface area contributed by atoms with Crippen LogP contribution in [-0.2, 0) is 4.74 Å². The summed E-state index contributed by atoms with van der Waals surface area (Å²) in [6.07, 6.45) is 1.85. The van der Waals surface area contributed by atoms with Crippen LogP contribution in [0.4, 0.5) is 16.2 Å². The summed E-state index contributed by atoms with van der Waals surface area (Å²) in [6.45, 7) is 0.656. The minimum Gasteiger partial charge on any atom is -0.440 e. The number of amides is 1. The molecule has 3 rings (SSSR count). The lowest BCUT2D eigenvalue weighted by molar-refractivity contribution is 0.0664. The highest BCUT2D eigenvalue weighted by Crippen LogP contribution is 2.37. The molecule has 96 valence electrons. The number of rotatable bonds is 1.